The van der Waals surface area contributed by atoms with E-state index in [1.807, 2.05) is 27.7 Å². The summed E-state index contributed by atoms with van der Waals surface area (Å²) in [5.74, 6) is 0.472. The van der Waals surface area contributed by atoms with Crippen molar-refractivity contribution < 1.29 is 8.42 Å². The molecule has 0 amide bonds. The van der Waals surface area contributed by atoms with E-state index in [9.17, 15) is 8.42 Å². The number of hydrogen-bond acceptors (Lipinski definition) is 4. The maximum Gasteiger partial charge on any atom is 0.250 e. The summed E-state index contributed by atoms with van der Waals surface area (Å²) in [6, 6.07) is 1.78. The highest BCUT2D eigenvalue weighted by Crippen LogP contribution is 2.40. The van der Waals surface area contributed by atoms with E-state index < -0.39 is 10.0 Å². The van der Waals surface area contributed by atoms with Gasteiger partial charge in [-0.3, -0.25) is 0 Å². The fourth-order valence-corrected chi connectivity index (χ4v) is 5.35. The topological polar surface area (TPSA) is 58.2 Å². The molecule has 1 aliphatic rings. The van der Waals surface area contributed by atoms with Crippen molar-refractivity contribution in [2.45, 2.75) is 56.8 Å². The first-order valence-electron chi connectivity index (χ1n) is 7.10. The van der Waals surface area contributed by atoms with E-state index in [0.717, 1.165) is 36.4 Å². The van der Waals surface area contributed by atoms with Crippen LogP contribution in [-0.2, 0) is 16.6 Å². The third-order valence-electron chi connectivity index (χ3n) is 3.79. The second-order valence-corrected chi connectivity index (χ2v) is 9.10. The third-order valence-corrected chi connectivity index (χ3v) is 7.18. The summed E-state index contributed by atoms with van der Waals surface area (Å²) in [6.45, 7) is 9.57. The normalized spacial score (nSPS) is 16.6. The molecule has 0 aromatic carbocycles. The van der Waals surface area contributed by atoms with Gasteiger partial charge in [-0.1, -0.05) is 6.92 Å². The highest BCUT2D eigenvalue weighted by Gasteiger charge is 2.41. The highest BCUT2D eigenvalue weighted by atomic mass is 32.2. The minimum absolute atomic E-state index is 0.349. The van der Waals surface area contributed by atoms with E-state index in [2.05, 4.69) is 10.0 Å². The van der Waals surface area contributed by atoms with Crippen LogP contribution in [0.15, 0.2) is 10.3 Å². The monoisotopic (exact) mass is 316 g/mol. The summed E-state index contributed by atoms with van der Waals surface area (Å²) < 4.78 is 28.3. The predicted octanol–water partition coefficient (Wildman–Crippen LogP) is 2.63. The maximum absolute atomic E-state index is 12.5. The van der Waals surface area contributed by atoms with E-state index in [1.54, 1.807) is 6.07 Å². The molecule has 0 bridgehead atoms. The molecule has 0 unspecified atom stereocenters. The second-order valence-electron chi connectivity index (χ2n) is 6.05. The average molecular weight is 316 g/mol. The van der Waals surface area contributed by atoms with Crippen LogP contribution < -0.4 is 10.0 Å². The van der Waals surface area contributed by atoms with Crippen molar-refractivity contribution in [1.82, 2.24) is 10.0 Å². The molecule has 1 aromatic heterocycles. The van der Waals surface area contributed by atoms with Crippen LogP contribution in [0.25, 0.3) is 0 Å². The quantitative estimate of drug-likeness (QED) is 0.813. The van der Waals surface area contributed by atoms with E-state index in [-0.39, 0.29) is 5.54 Å². The van der Waals surface area contributed by atoms with E-state index in [4.69, 9.17) is 0 Å². The van der Waals surface area contributed by atoms with Gasteiger partial charge in [-0.05, 0) is 57.7 Å². The molecule has 0 atom stereocenters. The summed E-state index contributed by atoms with van der Waals surface area (Å²) in [6.07, 6.45) is 2.23. The van der Waals surface area contributed by atoms with Gasteiger partial charge in [-0.15, -0.1) is 11.3 Å². The Morgan fingerprint density at radius 1 is 1.40 bits per heavy atom. The summed E-state index contributed by atoms with van der Waals surface area (Å²) in [5, 5.41) is 3.24. The summed E-state index contributed by atoms with van der Waals surface area (Å²) in [5.41, 5.74) is 0.694. The largest absolute Gasteiger partial charge is 0.312 e. The van der Waals surface area contributed by atoms with Gasteiger partial charge in [0, 0.05) is 17.0 Å². The van der Waals surface area contributed by atoms with Crippen molar-refractivity contribution >= 4 is 21.4 Å². The molecule has 0 aliphatic heterocycles. The second kappa shape index (κ2) is 5.75. The van der Waals surface area contributed by atoms with Crippen molar-refractivity contribution in [3.8, 4) is 0 Å². The SMILES string of the molecule is CCNCc1sc(S(=O)(=O)NC(C)(C)C2CC2)cc1C. The van der Waals surface area contributed by atoms with Crippen LogP contribution in [0.5, 0.6) is 0 Å². The summed E-state index contributed by atoms with van der Waals surface area (Å²) in [4.78, 5) is 1.09. The Morgan fingerprint density at radius 3 is 2.60 bits per heavy atom. The van der Waals surface area contributed by atoms with E-state index in [0.29, 0.717) is 10.1 Å². The van der Waals surface area contributed by atoms with E-state index >= 15 is 0 Å². The van der Waals surface area contributed by atoms with Crippen molar-refractivity contribution in [2.75, 3.05) is 6.54 Å². The van der Waals surface area contributed by atoms with Gasteiger partial charge >= 0.3 is 0 Å². The molecule has 1 aliphatic carbocycles. The Bertz CT molecular complexity index is 572. The first kappa shape index (κ1) is 15.9. The van der Waals surface area contributed by atoms with E-state index in [1.165, 1.54) is 11.3 Å². The summed E-state index contributed by atoms with van der Waals surface area (Å²) in [7, 11) is -3.41. The number of nitrogens with one attached hydrogen (secondary N) is 2. The Kier molecular flexibility index (Phi) is 4.59. The molecule has 1 saturated carbocycles. The molecule has 2 N–H and O–H groups in total. The van der Waals surface area contributed by atoms with Crippen molar-refractivity contribution in [2.24, 2.45) is 5.92 Å². The molecule has 114 valence electrons. The Morgan fingerprint density at radius 2 is 2.05 bits per heavy atom. The zero-order chi connectivity index (χ0) is 15.0. The zero-order valence-electron chi connectivity index (χ0n) is 12.6. The number of rotatable bonds is 7. The van der Waals surface area contributed by atoms with Crippen LogP contribution in [0.2, 0.25) is 0 Å². The van der Waals surface area contributed by atoms with Crippen molar-refractivity contribution in [3.05, 3.63) is 16.5 Å². The molecule has 1 heterocycles. The van der Waals surface area contributed by atoms with Gasteiger partial charge in [-0.25, -0.2) is 13.1 Å². The smallest absolute Gasteiger partial charge is 0.250 e. The van der Waals surface area contributed by atoms with Crippen LogP contribution in [-0.4, -0.2) is 20.5 Å². The van der Waals surface area contributed by atoms with Crippen LogP contribution in [0, 0.1) is 12.8 Å². The Labute approximate surface area is 126 Å². The van der Waals surface area contributed by atoms with Gasteiger partial charge in [0.25, 0.3) is 10.0 Å². The molecule has 2 rings (SSSR count). The number of aryl methyl sites for hydroxylation is 1. The molecule has 0 radical (unpaired) electrons. The minimum Gasteiger partial charge on any atom is -0.312 e. The maximum atomic E-state index is 12.5. The van der Waals surface area contributed by atoms with Crippen LogP contribution in [0.1, 0.15) is 44.1 Å². The van der Waals surface area contributed by atoms with Gasteiger partial charge in [0.15, 0.2) is 0 Å². The van der Waals surface area contributed by atoms with Crippen LogP contribution in [0.3, 0.4) is 0 Å². The third kappa shape index (κ3) is 3.61. The Balaban J connectivity index is 2.17. The molecule has 20 heavy (non-hydrogen) atoms. The molecule has 0 saturated heterocycles. The number of sulfonamides is 1. The van der Waals surface area contributed by atoms with Crippen molar-refractivity contribution in [3.63, 3.8) is 0 Å². The number of hydrogen-bond donors (Lipinski definition) is 2. The summed E-state index contributed by atoms with van der Waals surface area (Å²) >= 11 is 1.37. The minimum atomic E-state index is -3.41. The predicted molar refractivity (Wildman–Crippen MR) is 83.6 cm³/mol. The van der Waals surface area contributed by atoms with Gasteiger partial charge in [0.1, 0.15) is 4.21 Å². The standard InChI is InChI=1S/C14H24N2O2S2/c1-5-15-9-12-10(2)8-13(19-12)20(17,18)16-14(3,4)11-6-7-11/h8,11,15-16H,5-7,9H2,1-4H3. The lowest BCUT2D eigenvalue weighted by Gasteiger charge is -2.25. The van der Waals surface area contributed by atoms with Crippen LogP contribution in [0.4, 0.5) is 0 Å². The Hall–Kier alpha value is -0.430. The van der Waals surface area contributed by atoms with Gasteiger partial charge in [0.2, 0.25) is 0 Å². The lowest BCUT2D eigenvalue weighted by molar-refractivity contribution is 0.401. The molecule has 0 spiro atoms. The van der Waals surface area contributed by atoms with Gasteiger partial charge in [-0.2, -0.15) is 0 Å². The van der Waals surface area contributed by atoms with Crippen LogP contribution >= 0.6 is 11.3 Å². The molecular weight excluding hydrogens is 292 g/mol. The van der Waals surface area contributed by atoms with Crippen molar-refractivity contribution in [1.29, 1.82) is 0 Å². The fraction of sp³-hybridized carbons (Fsp3) is 0.714. The molecule has 4 nitrogen and oxygen atoms in total. The lowest BCUT2D eigenvalue weighted by Crippen LogP contribution is -2.44. The van der Waals surface area contributed by atoms with Gasteiger partial charge < -0.3 is 5.32 Å². The first-order valence-corrected chi connectivity index (χ1v) is 9.40. The molecular formula is C14H24N2O2S2. The first-order chi connectivity index (χ1) is 9.26. The molecule has 6 heteroatoms. The molecule has 1 fully saturated rings. The zero-order valence-corrected chi connectivity index (χ0v) is 14.2. The fourth-order valence-electron chi connectivity index (χ4n) is 2.32. The highest BCUT2D eigenvalue weighted by molar-refractivity contribution is 7.91. The number of thiophene rings is 1. The van der Waals surface area contributed by atoms with Gasteiger partial charge in [0.05, 0.1) is 0 Å². The lowest BCUT2D eigenvalue weighted by atomic mass is 10.0. The molecule has 1 aromatic rings. The average Bonchev–Trinajstić information content (AvgIpc) is 3.11.